The van der Waals surface area contributed by atoms with E-state index >= 15 is 0 Å². The van der Waals surface area contributed by atoms with Gasteiger partial charge in [0.1, 0.15) is 11.2 Å². The molecule has 1 aromatic heterocycles. The largest absolute Gasteiger partial charge is 0.374 e. The van der Waals surface area contributed by atoms with Crippen LogP contribution in [0, 0.1) is 0 Å². The number of halogens is 1. The summed E-state index contributed by atoms with van der Waals surface area (Å²) in [6, 6.07) is 3.22. The highest BCUT2D eigenvalue weighted by Crippen LogP contribution is 2.13. The number of amides is 1. The summed E-state index contributed by atoms with van der Waals surface area (Å²) in [6.45, 7) is 7.22. The van der Waals surface area contributed by atoms with Gasteiger partial charge < -0.3 is 10.2 Å². The fraction of sp³-hybridized carbons (Fsp3) is 0.500. The van der Waals surface area contributed by atoms with Gasteiger partial charge in [-0.2, -0.15) is 0 Å². The second kappa shape index (κ2) is 6.45. The molecule has 94 valence electrons. The van der Waals surface area contributed by atoms with Crippen LogP contribution in [0.3, 0.4) is 0 Å². The minimum absolute atomic E-state index is 0.0861. The molecule has 1 unspecified atom stereocenters. The number of likely N-dealkylation sites (N-methyl/N-ethyl adjacent to an activating group) is 1. The Bertz CT molecular complexity index is 380. The van der Waals surface area contributed by atoms with E-state index < -0.39 is 0 Å². The normalized spacial score (nSPS) is 12.0. The summed E-state index contributed by atoms with van der Waals surface area (Å²) in [5.74, 6) is 0.0861. The maximum absolute atomic E-state index is 12.0. The average molecular weight is 256 g/mol. The van der Waals surface area contributed by atoms with E-state index in [4.69, 9.17) is 11.6 Å². The molecule has 0 saturated heterocycles. The minimum atomic E-state index is -0.270. The number of aromatic nitrogens is 1. The summed E-state index contributed by atoms with van der Waals surface area (Å²) in [5.41, 5.74) is 0.804. The van der Waals surface area contributed by atoms with E-state index in [9.17, 15) is 4.79 Å². The van der Waals surface area contributed by atoms with E-state index in [1.807, 2.05) is 20.8 Å². The third-order valence-corrected chi connectivity index (χ3v) is 2.76. The molecule has 1 atom stereocenters. The first-order valence-corrected chi connectivity index (χ1v) is 6.13. The van der Waals surface area contributed by atoms with E-state index in [0.717, 1.165) is 18.8 Å². The maximum atomic E-state index is 12.0. The van der Waals surface area contributed by atoms with Gasteiger partial charge in [-0.3, -0.25) is 4.79 Å². The lowest BCUT2D eigenvalue weighted by Gasteiger charge is -2.24. The second-order valence-electron chi connectivity index (χ2n) is 3.74. The molecule has 0 aliphatic heterocycles. The van der Waals surface area contributed by atoms with Crippen LogP contribution in [0.25, 0.3) is 0 Å². The molecule has 0 spiro atoms. The lowest BCUT2D eigenvalue weighted by molar-refractivity contribution is -0.131. The number of nitrogens with one attached hydrogen (secondary N) is 1. The Morgan fingerprint density at radius 1 is 1.53 bits per heavy atom. The number of rotatable bonds is 5. The smallest absolute Gasteiger partial charge is 0.244 e. The van der Waals surface area contributed by atoms with Crippen molar-refractivity contribution in [2.24, 2.45) is 0 Å². The molecule has 0 bridgehead atoms. The first-order chi connectivity index (χ1) is 8.08. The highest BCUT2D eigenvalue weighted by molar-refractivity contribution is 6.29. The third kappa shape index (κ3) is 3.89. The molecule has 4 nitrogen and oxygen atoms in total. The SMILES string of the molecule is CCN(CC)C(=O)C(C)Nc1ccnc(Cl)c1. The predicted molar refractivity (Wildman–Crippen MR) is 70.3 cm³/mol. The van der Waals surface area contributed by atoms with Crippen molar-refractivity contribution >= 4 is 23.2 Å². The molecule has 1 N–H and O–H groups in total. The lowest BCUT2D eigenvalue weighted by Crippen LogP contribution is -2.41. The zero-order chi connectivity index (χ0) is 12.8. The molecule has 1 aromatic rings. The van der Waals surface area contributed by atoms with E-state index in [1.54, 1.807) is 23.2 Å². The van der Waals surface area contributed by atoms with Gasteiger partial charge in [-0.15, -0.1) is 0 Å². The van der Waals surface area contributed by atoms with Gasteiger partial charge in [-0.05, 0) is 32.9 Å². The van der Waals surface area contributed by atoms with Gasteiger partial charge in [-0.1, -0.05) is 11.6 Å². The average Bonchev–Trinajstić information content (AvgIpc) is 2.30. The van der Waals surface area contributed by atoms with Gasteiger partial charge in [0.05, 0.1) is 0 Å². The van der Waals surface area contributed by atoms with Crippen LogP contribution in [0.5, 0.6) is 0 Å². The van der Waals surface area contributed by atoms with Crippen LogP contribution in [0.4, 0.5) is 5.69 Å². The van der Waals surface area contributed by atoms with Crippen molar-refractivity contribution in [1.82, 2.24) is 9.88 Å². The Labute approximate surface area is 107 Å². The molecule has 0 aliphatic rings. The predicted octanol–water partition coefficient (Wildman–Crippen LogP) is 2.40. The summed E-state index contributed by atoms with van der Waals surface area (Å²) < 4.78 is 0. The Balaban J connectivity index is 2.65. The molecule has 0 aromatic carbocycles. The number of anilines is 1. The molecule has 0 aliphatic carbocycles. The summed E-state index contributed by atoms with van der Waals surface area (Å²) in [4.78, 5) is 17.7. The first kappa shape index (κ1) is 13.8. The summed E-state index contributed by atoms with van der Waals surface area (Å²) in [7, 11) is 0. The Morgan fingerprint density at radius 3 is 2.71 bits per heavy atom. The number of nitrogens with zero attached hydrogens (tertiary/aromatic N) is 2. The van der Waals surface area contributed by atoms with Crippen molar-refractivity contribution in [1.29, 1.82) is 0 Å². The molecule has 17 heavy (non-hydrogen) atoms. The second-order valence-corrected chi connectivity index (χ2v) is 4.13. The standard InChI is InChI=1S/C12H18ClN3O/c1-4-16(5-2)12(17)9(3)15-10-6-7-14-11(13)8-10/h6-9H,4-5H2,1-3H3,(H,14,15). The Kier molecular flexibility index (Phi) is 5.22. The van der Waals surface area contributed by atoms with Gasteiger partial charge in [-0.25, -0.2) is 4.98 Å². The molecule has 0 fully saturated rings. The van der Waals surface area contributed by atoms with Crippen LogP contribution in [-0.2, 0) is 4.79 Å². The fourth-order valence-corrected chi connectivity index (χ4v) is 1.79. The van der Waals surface area contributed by atoms with Crippen molar-refractivity contribution in [3.05, 3.63) is 23.5 Å². The third-order valence-electron chi connectivity index (χ3n) is 2.56. The van der Waals surface area contributed by atoms with Gasteiger partial charge in [0.2, 0.25) is 5.91 Å². The van der Waals surface area contributed by atoms with E-state index in [1.165, 1.54) is 0 Å². The lowest BCUT2D eigenvalue weighted by atomic mass is 10.2. The Hall–Kier alpha value is -1.29. The number of carbonyl (C=O) groups is 1. The van der Waals surface area contributed by atoms with Crippen LogP contribution in [0.15, 0.2) is 18.3 Å². The van der Waals surface area contributed by atoms with Crippen LogP contribution in [0.1, 0.15) is 20.8 Å². The quantitative estimate of drug-likeness (QED) is 0.822. The van der Waals surface area contributed by atoms with Crippen LogP contribution < -0.4 is 5.32 Å². The first-order valence-electron chi connectivity index (χ1n) is 5.75. The minimum Gasteiger partial charge on any atom is -0.374 e. The van der Waals surface area contributed by atoms with Gasteiger partial charge in [0.15, 0.2) is 0 Å². The zero-order valence-electron chi connectivity index (χ0n) is 10.4. The molecule has 1 heterocycles. The molecular formula is C12H18ClN3O. The summed E-state index contributed by atoms with van der Waals surface area (Å²) >= 11 is 5.78. The maximum Gasteiger partial charge on any atom is 0.244 e. The molecule has 5 heteroatoms. The van der Waals surface area contributed by atoms with Crippen molar-refractivity contribution in [3.8, 4) is 0 Å². The van der Waals surface area contributed by atoms with Crippen LogP contribution >= 0.6 is 11.6 Å². The topological polar surface area (TPSA) is 45.2 Å². The number of pyridine rings is 1. The van der Waals surface area contributed by atoms with Gasteiger partial charge in [0, 0.05) is 25.0 Å². The number of hydrogen-bond acceptors (Lipinski definition) is 3. The van der Waals surface area contributed by atoms with E-state index in [0.29, 0.717) is 5.15 Å². The molecule has 1 amide bonds. The summed E-state index contributed by atoms with van der Waals surface area (Å²) in [6.07, 6.45) is 1.61. The monoisotopic (exact) mass is 255 g/mol. The van der Waals surface area contributed by atoms with Crippen molar-refractivity contribution in [2.45, 2.75) is 26.8 Å². The Morgan fingerprint density at radius 2 is 2.18 bits per heavy atom. The van der Waals surface area contributed by atoms with E-state index in [2.05, 4.69) is 10.3 Å². The van der Waals surface area contributed by atoms with E-state index in [-0.39, 0.29) is 11.9 Å². The molecule has 0 radical (unpaired) electrons. The number of carbonyl (C=O) groups excluding carboxylic acids is 1. The highest BCUT2D eigenvalue weighted by Gasteiger charge is 2.17. The zero-order valence-corrected chi connectivity index (χ0v) is 11.2. The summed E-state index contributed by atoms with van der Waals surface area (Å²) in [5, 5.41) is 3.53. The van der Waals surface area contributed by atoms with Crippen molar-refractivity contribution in [2.75, 3.05) is 18.4 Å². The highest BCUT2D eigenvalue weighted by atomic mass is 35.5. The van der Waals surface area contributed by atoms with Crippen molar-refractivity contribution in [3.63, 3.8) is 0 Å². The van der Waals surface area contributed by atoms with Gasteiger partial charge >= 0.3 is 0 Å². The molecule has 0 saturated carbocycles. The van der Waals surface area contributed by atoms with Crippen LogP contribution in [0.2, 0.25) is 5.15 Å². The number of hydrogen-bond donors (Lipinski definition) is 1. The fourth-order valence-electron chi connectivity index (χ4n) is 1.61. The van der Waals surface area contributed by atoms with Crippen LogP contribution in [-0.4, -0.2) is 34.9 Å². The van der Waals surface area contributed by atoms with Crippen molar-refractivity contribution < 1.29 is 4.79 Å². The van der Waals surface area contributed by atoms with Gasteiger partial charge in [0.25, 0.3) is 0 Å². The molecule has 1 rings (SSSR count). The molecular weight excluding hydrogens is 238 g/mol.